The molecular formula is C66H109NO3. The first kappa shape index (κ1) is 66.3. The molecule has 2 atom stereocenters. The molecule has 0 aliphatic heterocycles. The zero-order valence-electron chi connectivity index (χ0n) is 45.5. The van der Waals surface area contributed by atoms with Gasteiger partial charge in [0.05, 0.1) is 18.8 Å². The van der Waals surface area contributed by atoms with E-state index in [-0.39, 0.29) is 12.5 Å². The van der Waals surface area contributed by atoms with Crippen molar-refractivity contribution in [3.05, 3.63) is 146 Å². The molecule has 0 aromatic carbocycles. The molecule has 70 heavy (non-hydrogen) atoms. The van der Waals surface area contributed by atoms with Gasteiger partial charge in [-0.05, 0) is 109 Å². The summed E-state index contributed by atoms with van der Waals surface area (Å²) in [5.41, 5.74) is 0. The highest BCUT2D eigenvalue weighted by atomic mass is 16.3. The molecule has 0 bridgehead atoms. The zero-order chi connectivity index (χ0) is 50.6. The van der Waals surface area contributed by atoms with E-state index in [1.807, 2.05) is 6.08 Å². The molecule has 0 heterocycles. The second-order valence-electron chi connectivity index (χ2n) is 19.0. The molecule has 1 amide bonds. The fourth-order valence-electron chi connectivity index (χ4n) is 7.93. The number of aliphatic hydroxyl groups excluding tert-OH is 2. The van der Waals surface area contributed by atoms with Crippen LogP contribution in [0.3, 0.4) is 0 Å². The van der Waals surface area contributed by atoms with Gasteiger partial charge in [-0.15, -0.1) is 0 Å². The van der Waals surface area contributed by atoms with Gasteiger partial charge < -0.3 is 15.5 Å². The maximum absolute atomic E-state index is 12.5. The molecule has 0 aliphatic carbocycles. The highest BCUT2D eigenvalue weighted by Gasteiger charge is 2.17. The van der Waals surface area contributed by atoms with Gasteiger partial charge in [0.2, 0.25) is 5.91 Å². The van der Waals surface area contributed by atoms with E-state index in [0.29, 0.717) is 6.42 Å². The molecule has 0 spiro atoms. The van der Waals surface area contributed by atoms with E-state index in [1.54, 1.807) is 6.08 Å². The second kappa shape index (κ2) is 59.6. The normalized spacial score (nSPS) is 13.9. The summed E-state index contributed by atoms with van der Waals surface area (Å²) in [4.78, 5) is 12.5. The van der Waals surface area contributed by atoms with Gasteiger partial charge in [0, 0.05) is 6.42 Å². The molecule has 0 saturated carbocycles. The van der Waals surface area contributed by atoms with Crippen molar-refractivity contribution in [2.75, 3.05) is 6.61 Å². The first-order chi connectivity index (χ1) is 34.7. The number of nitrogens with one attached hydrogen (secondary N) is 1. The molecule has 0 fully saturated rings. The van der Waals surface area contributed by atoms with Gasteiger partial charge in [-0.2, -0.15) is 0 Å². The summed E-state index contributed by atoms with van der Waals surface area (Å²) in [6.45, 7) is 4.18. The van der Waals surface area contributed by atoms with Crippen molar-refractivity contribution in [2.45, 2.75) is 257 Å². The van der Waals surface area contributed by atoms with Crippen LogP contribution in [0.4, 0.5) is 0 Å². The van der Waals surface area contributed by atoms with Crippen LogP contribution in [0.5, 0.6) is 0 Å². The Labute approximate surface area is 433 Å². The molecule has 4 heteroatoms. The van der Waals surface area contributed by atoms with Crippen molar-refractivity contribution >= 4 is 5.91 Å². The van der Waals surface area contributed by atoms with Crippen molar-refractivity contribution in [1.29, 1.82) is 0 Å². The Morgan fingerprint density at radius 2 is 0.643 bits per heavy atom. The van der Waals surface area contributed by atoms with Crippen molar-refractivity contribution in [3.63, 3.8) is 0 Å². The summed E-state index contributed by atoms with van der Waals surface area (Å²) in [5, 5.41) is 23.1. The minimum absolute atomic E-state index is 0.0877. The lowest BCUT2D eigenvalue weighted by Gasteiger charge is -2.19. The van der Waals surface area contributed by atoms with E-state index in [4.69, 9.17) is 0 Å². The fraction of sp³-hybridized carbons (Fsp3) is 0.621. The van der Waals surface area contributed by atoms with Crippen LogP contribution in [0.25, 0.3) is 0 Å². The lowest BCUT2D eigenvalue weighted by atomic mass is 10.0. The predicted molar refractivity (Wildman–Crippen MR) is 312 cm³/mol. The lowest BCUT2D eigenvalue weighted by molar-refractivity contribution is -0.123. The Hall–Kier alpha value is -3.73. The standard InChI is InChI=1S/C66H109NO3/c1-3-5-7-9-11-13-15-17-19-21-23-24-25-26-27-28-29-30-31-32-33-34-35-36-37-38-39-40-41-42-44-46-48-50-52-54-56-58-60-62-66(70)67-64(63-68)65(69)61-59-57-55-53-51-49-47-45-43-22-20-18-16-14-12-10-8-6-4-2/h5,7,11,13,17,19,23-24,26-27,29-30,32-33,35-36,38-39,41-42,51,53,59,61,64-65,68-69H,3-4,6,8-10,12,14-16,18,20-22,25,28,31,34,37,40,43-50,52,54-58,60,62-63H2,1-2H3,(H,67,70)/b7-5-,13-11-,19-17-,24-23-,27-26-,30-29-,33-32-,36-35-,39-38-,42-41-,53-51+,61-59+. The van der Waals surface area contributed by atoms with Crippen LogP contribution in [0.15, 0.2) is 146 Å². The highest BCUT2D eigenvalue weighted by Crippen LogP contribution is 2.14. The fourth-order valence-corrected chi connectivity index (χ4v) is 7.93. The van der Waals surface area contributed by atoms with Gasteiger partial charge in [-0.25, -0.2) is 0 Å². The maximum atomic E-state index is 12.5. The lowest BCUT2D eigenvalue weighted by Crippen LogP contribution is -2.45. The smallest absolute Gasteiger partial charge is 0.220 e. The van der Waals surface area contributed by atoms with E-state index in [1.165, 1.54) is 116 Å². The van der Waals surface area contributed by atoms with Crippen molar-refractivity contribution in [1.82, 2.24) is 5.32 Å². The van der Waals surface area contributed by atoms with Gasteiger partial charge in [0.15, 0.2) is 0 Å². The highest BCUT2D eigenvalue weighted by molar-refractivity contribution is 5.76. The monoisotopic (exact) mass is 964 g/mol. The number of carbonyl (C=O) groups is 1. The number of hydrogen-bond donors (Lipinski definition) is 3. The van der Waals surface area contributed by atoms with Crippen LogP contribution >= 0.6 is 0 Å². The van der Waals surface area contributed by atoms with Gasteiger partial charge in [-0.3, -0.25) is 4.79 Å². The van der Waals surface area contributed by atoms with Crippen LogP contribution < -0.4 is 5.32 Å². The van der Waals surface area contributed by atoms with E-state index >= 15 is 0 Å². The Morgan fingerprint density at radius 1 is 0.357 bits per heavy atom. The van der Waals surface area contributed by atoms with E-state index < -0.39 is 12.1 Å². The SMILES string of the molecule is CC/C=C\C/C=C\C/C=C\C/C=C\C/C=C\C/C=C\C/C=C\C/C=C\C/C=C\C/C=C\CCCCCCCCCCC(=O)NC(CO)C(O)/C=C/CC/C=C/CCCCCCCCCCCCCCC. The first-order valence-corrected chi connectivity index (χ1v) is 29.0. The minimum Gasteiger partial charge on any atom is -0.394 e. The van der Waals surface area contributed by atoms with Crippen molar-refractivity contribution < 1.29 is 15.0 Å². The van der Waals surface area contributed by atoms with Crippen molar-refractivity contribution in [2.24, 2.45) is 0 Å². The van der Waals surface area contributed by atoms with Crippen LogP contribution in [-0.2, 0) is 4.79 Å². The molecule has 2 unspecified atom stereocenters. The Balaban J connectivity index is 3.66. The van der Waals surface area contributed by atoms with Gasteiger partial charge in [-0.1, -0.05) is 275 Å². The topological polar surface area (TPSA) is 69.6 Å². The Kier molecular flexibility index (Phi) is 56.4. The second-order valence-corrected chi connectivity index (χ2v) is 19.0. The number of carbonyl (C=O) groups excluding carboxylic acids is 1. The third-order valence-electron chi connectivity index (χ3n) is 12.3. The molecule has 396 valence electrons. The number of hydrogen-bond acceptors (Lipinski definition) is 3. The first-order valence-electron chi connectivity index (χ1n) is 29.0. The summed E-state index contributed by atoms with van der Waals surface area (Å²) in [7, 11) is 0. The van der Waals surface area contributed by atoms with Crippen molar-refractivity contribution in [3.8, 4) is 0 Å². The minimum atomic E-state index is -0.876. The molecule has 0 aliphatic rings. The zero-order valence-corrected chi connectivity index (χ0v) is 45.5. The molecule has 0 saturated heterocycles. The molecule has 4 nitrogen and oxygen atoms in total. The summed E-state index contributed by atoms with van der Waals surface area (Å²) in [6.07, 6.45) is 94.3. The summed E-state index contributed by atoms with van der Waals surface area (Å²) >= 11 is 0. The molecule has 0 radical (unpaired) electrons. The third kappa shape index (κ3) is 55.2. The third-order valence-corrected chi connectivity index (χ3v) is 12.3. The van der Waals surface area contributed by atoms with Crippen LogP contribution in [0, 0.1) is 0 Å². The number of aliphatic hydroxyl groups is 2. The van der Waals surface area contributed by atoms with Gasteiger partial charge in [0.1, 0.15) is 0 Å². The summed E-state index contributed by atoms with van der Waals surface area (Å²) < 4.78 is 0. The van der Waals surface area contributed by atoms with Crippen LogP contribution in [0.2, 0.25) is 0 Å². The van der Waals surface area contributed by atoms with E-state index in [0.717, 1.165) is 109 Å². The number of unbranched alkanes of at least 4 members (excludes halogenated alkanes) is 22. The van der Waals surface area contributed by atoms with Crippen LogP contribution in [-0.4, -0.2) is 34.9 Å². The van der Waals surface area contributed by atoms with Gasteiger partial charge in [0.25, 0.3) is 0 Å². The molecule has 3 N–H and O–H groups in total. The summed E-state index contributed by atoms with van der Waals surface area (Å²) in [6, 6.07) is -0.654. The van der Waals surface area contributed by atoms with E-state index in [2.05, 4.69) is 153 Å². The molecule has 0 rings (SSSR count). The summed E-state index contributed by atoms with van der Waals surface area (Å²) in [5.74, 6) is -0.0877. The molecular weight excluding hydrogens is 855 g/mol. The average Bonchev–Trinajstić information content (AvgIpc) is 3.36. The Bertz CT molecular complexity index is 1470. The largest absolute Gasteiger partial charge is 0.394 e. The number of amides is 1. The predicted octanol–water partition coefficient (Wildman–Crippen LogP) is 19.6. The van der Waals surface area contributed by atoms with Gasteiger partial charge >= 0.3 is 0 Å². The Morgan fingerprint density at radius 3 is 1.00 bits per heavy atom. The average molecular weight is 965 g/mol. The number of rotatable bonds is 51. The number of allylic oxidation sites excluding steroid dienone is 23. The molecule has 0 aromatic rings. The maximum Gasteiger partial charge on any atom is 0.220 e. The molecule has 0 aromatic heterocycles. The van der Waals surface area contributed by atoms with Crippen LogP contribution in [0.1, 0.15) is 245 Å². The van der Waals surface area contributed by atoms with E-state index in [9.17, 15) is 15.0 Å². The quantitative estimate of drug-likeness (QED) is 0.0420.